The molecular formula is C17H13FN4O3. The number of nitro groups is 1. The number of carbonyl (C=O) groups is 1. The van der Waals surface area contributed by atoms with Crippen molar-refractivity contribution in [2.45, 2.75) is 6.54 Å². The van der Waals surface area contributed by atoms with E-state index in [2.05, 4.69) is 10.4 Å². The molecule has 0 atom stereocenters. The molecule has 0 aliphatic rings. The van der Waals surface area contributed by atoms with Gasteiger partial charge in [-0.15, -0.1) is 0 Å². The fraction of sp³-hybridized carbons (Fsp3) is 0.0588. The number of benzene rings is 2. The summed E-state index contributed by atoms with van der Waals surface area (Å²) in [6, 6.07) is 11.5. The van der Waals surface area contributed by atoms with Crippen molar-refractivity contribution >= 4 is 17.3 Å². The van der Waals surface area contributed by atoms with E-state index in [1.165, 1.54) is 42.6 Å². The standard InChI is InChI=1S/C17H13FN4O3/c18-14-6-4-12(5-7-14)10-21-11-15(9-19-21)20-17(23)13-2-1-3-16(8-13)22(24)25/h1-9,11H,10H2,(H,20,23). The molecule has 0 bridgehead atoms. The molecule has 3 aromatic rings. The van der Waals surface area contributed by atoms with Crippen LogP contribution in [0, 0.1) is 15.9 Å². The van der Waals surface area contributed by atoms with E-state index < -0.39 is 10.8 Å². The second kappa shape index (κ2) is 6.91. The van der Waals surface area contributed by atoms with Crippen molar-refractivity contribution in [3.8, 4) is 0 Å². The van der Waals surface area contributed by atoms with Crippen LogP contribution in [0.1, 0.15) is 15.9 Å². The van der Waals surface area contributed by atoms with Crippen molar-refractivity contribution in [3.63, 3.8) is 0 Å². The van der Waals surface area contributed by atoms with Crippen molar-refractivity contribution in [1.29, 1.82) is 0 Å². The van der Waals surface area contributed by atoms with E-state index >= 15 is 0 Å². The minimum atomic E-state index is -0.558. The van der Waals surface area contributed by atoms with Gasteiger partial charge in [-0.3, -0.25) is 19.6 Å². The zero-order chi connectivity index (χ0) is 17.8. The van der Waals surface area contributed by atoms with E-state index in [9.17, 15) is 19.3 Å². The summed E-state index contributed by atoms with van der Waals surface area (Å²) in [5.41, 5.74) is 1.35. The molecule has 0 saturated heterocycles. The van der Waals surface area contributed by atoms with Crippen LogP contribution in [0.3, 0.4) is 0 Å². The summed E-state index contributed by atoms with van der Waals surface area (Å²) >= 11 is 0. The van der Waals surface area contributed by atoms with Gasteiger partial charge in [-0.2, -0.15) is 5.10 Å². The number of non-ortho nitro benzene ring substituents is 1. The summed E-state index contributed by atoms with van der Waals surface area (Å²) in [5, 5.41) is 17.5. The van der Waals surface area contributed by atoms with Gasteiger partial charge in [0.15, 0.2) is 0 Å². The van der Waals surface area contributed by atoms with Crippen molar-refractivity contribution in [1.82, 2.24) is 9.78 Å². The van der Waals surface area contributed by atoms with E-state index in [0.29, 0.717) is 12.2 Å². The molecule has 3 rings (SSSR count). The molecule has 1 N–H and O–H groups in total. The average Bonchev–Trinajstić information content (AvgIpc) is 3.04. The highest BCUT2D eigenvalue weighted by Gasteiger charge is 2.12. The maximum atomic E-state index is 12.9. The summed E-state index contributed by atoms with van der Waals surface area (Å²) in [6.45, 7) is 0.424. The number of hydrogen-bond acceptors (Lipinski definition) is 4. The summed E-state index contributed by atoms with van der Waals surface area (Å²) in [5.74, 6) is -0.779. The Labute approximate surface area is 141 Å². The molecule has 0 saturated carbocycles. The van der Waals surface area contributed by atoms with Gasteiger partial charge in [-0.05, 0) is 23.8 Å². The summed E-state index contributed by atoms with van der Waals surface area (Å²) in [7, 11) is 0. The fourth-order valence-corrected chi connectivity index (χ4v) is 2.26. The lowest BCUT2D eigenvalue weighted by atomic mass is 10.2. The molecule has 25 heavy (non-hydrogen) atoms. The molecule has 1 heterocycles. The van der Waals surface area contributed by atoms with E-state index in [-0.39, 0.29) is 17.1 Å². The topological polar surface area (TPSA) is 90.1 Å². The maximum Gasteiger partial charge on any atom is 0.270 e. The number of amides is 1. The zero-order valence-corrected chi connectivity index (χ0v) is 12.9. The minimum absolute atomic E-state index is 0.153. The van der Waals surface area contributed by atoms with Crippen LogP contribution in [0.5, 0.6) is 0 Å². The van der Waals surface area contributed by atoms with Crippen LogP contribution in [-0.2, 0) is 6.54 Å². The van der Waals surface area contributed by atoms with Crippen molar-refractivity contribution in [2.75, 3.05) is 5.32 Å². The second-order valence-electron chi connectivity index (χ2n) is 5.31. The van der Waals surface area contributed by atoms with Gasteiger partial charge >= 0.3 is 0 Å². The lowest BCUT2D eigenvalue weighted by Crippen LogP contribution is -2.11. The average molecular weight is 340 g/mol. The number of hydrogen-bond donors (Lipinski definition) is 1. The van der Waals surface area contributed by atoms with Gasteiger partial charge < -0.3 is 5.32 Å². The molecule has 0 radical (unpaired) electrons. The van der Waals surface area contributed by atoms with Crippen LogP contribution >= 0.6 is 0 Å². The summed E-state index contributed by atoms with van der Waals surface area (Å²) in [6.07, 6.45) is 3.09. The van der Waals surface area contributed by atoms with Crippen LogP contribution in [-0.4, -0.2) is 20.6 Å². The lowest BCUT2D eigenvalue weighted by Gasteiger charge is -2.03. The third-order valence-corrected chi connectivity index (χ3v) is 3.47. The first kappa shape index (κ1) is 16.3. The van der Waals surface area contributed by atoms with Crippen LogP contribution in [0.15, 0.2) is 60.9 Å². The first-order valence-electron chi connectivity index (χ1n) is 7.34. The Kier molecular flexibility index (Phi) is 4.51. The Hall–Kier alpha value is -3.55. The number of nitrogens with zero attached hydrogens (tertiary/aromatic N) is 3. The lowest BCUT2D eigenvalue weighted by molar-refractivity contribution is -0.384. The predicted molar refractivity (Wildman–Crippen MR) is 88.8 cm³/mol. The van der Waals surface area contributed by atoms with Gasteiger partial charge in [0, 0.05) is 23.9 Å². The highest BCUT2D eigenvalue weighted by atomic mass is 19.1. The Morgan fingerprint density at radius 3 is 2.72 bits per heavy atom. The van der Waals surface area contributed by atoms with E-state index in [1.54, 1.807) is 23.0 Å². The normalized spacial score (nSPS) is 10.4. The number of carbonyl (C=O) groups excluding carboxylic acids is 1. The Morgan fingerprint density at radius 2 is 2.00 bits per heavy atom. The van der Waals surface area contributed by atoms with Crippen LogP contribution in [0.4, 0.5) is 15.8 Å². The molecule has 126 valence electrons. The molecule has 1 amide bonds. The van der Waals surface area contributed by atoms with Gasteiger partial charge in [0.1, 0.15) is 5.82 Å². The smallest absolute Gasteiger partial charge is 0.270 e. The van der Waals surface area contributed by atoms with Crippen LogP contribution in [0.2, 0.25) is 0 Å². The van der Waals surface area contributed by atoms with Crippen molar-refractivity contribution < 1.29 is 14.1 Å². The number of nitrogens with one attached hydrogen (secondary N) is 1. The predicted octanol–water partition coefficient (Wildman–Crippen LogP) is 3.23. The maximum absolute atomic E-state index is 12.9. The fourth-order valence-electron chi connectivity index (χ4n) is 2.26. The van der Waals surface area contributed by atoms with E-state index in [4.69, 9.17) is 0 Å². The van der Waals surface area contributed by atoms with Gasteiger partial charge in [-0.25, -0.2) is 4.39 Å². The third kappa shape index (κ3) is 4.05. The number of anilines is 1. The quantitative estimate of drug-likeness (QED) is 0.570. The number of aromatic nitrogens is 2. The highest BCUT2D eigenvalue weighted by Crippen LogP contribution is 2.15. The third-order valence-electron chi connectivity index (χ3n) is 3.47. The second-order valence-corrected chi connectivity index (χ2v) is 5.31. The van der Waals surface area contributed by atoms with E-state index in [0.717, 1.165) is 5.56 Å². The molecule has 0 aliphatic heterocycles. The highest BCUT2D eigenvalue weighted by molar-refractivity contribution is 6.04. The van der Waals surface area contributed by atoms with E-state index in [1.807, 2.05) is 0 Å². The monoisotopic (exact) mass is 340 g/mol. The molecular weight excluding hydrogens is 327 g/mol. The molecule has 7 nitrogen and oxygen atoms in total. The molecule has 0 fully saturated rings. The number of halogens is 1. The zero-order valence-electron chi connectivity index (χ0n) is 12.9. The largest absolute Gasteiger partial charge is 0.319 e. The first-order chi connectivity index (χ1) is 12.0. The van der Waals surface area contributed by atoms with Crippen LogP contribution in [0.25, 0.3) is 0 Å². The number of rotatable bonds is 5. The van der Waals surface area contributed by atoms with Crippen LogP contribution < -0.4 is 5.32 Å². The molecule has 0 unspecified atom stereocenters. The SMILES string of the molecule is O=C(Nc1cnn(Cc2ccc(F)cc2)c1)c1cccc([N+](=O)[O-])c1. The van der Waals surface area contributed by atoms with Crippen molar-refractivity contribution in [2.24, 2.45) is 0 Å². The Balaban J connectivity index is 1.68. The molecule has 0 spiro atoms. The van der Waals surface area contributed by atoms with Gasteiger partial charge in [0.25, 0.3) is 11.6 Å². The van der Waals surface area contributed by atoms with Gasteiger partial charge in [0.2, 0.25) is 0 Å². The Morgan fingerprint density at radius 1 is 1.24 bits per heavy atom. The molecule has 2 aromatic carbocycles. The first-order valence-corrected chi connectivity index (χ1v) is 7.34. The number of nitro benzene ring substituents is 1. The van der Waals surface area contributed by atoms with Gasteiger partial charge in [-0.1, -0.05) is 18.2 Å². The molecule has 0 aliphatic carbocycles. The molecule has 1 aromatic heterocycles. The molecule has 8 heteroatoms. The van der Waals surface area contributed by atoms with Crippen molar-refractivity contribution in [3.05, 3.63) is 88.0 Å². The summed E-state index contributed by atoms with van der Waals surface area (Å²) in [4.78, 5) is 22.4. The van der Waals surface area contributed by atoms with Gasteiger partial charge in [0.05, 0.1) is 23.4 Å². The summed E-state index contributed by atoms with van der Waals surface area (Å²) < 4.78 is 14.5. The Bertz CT molecular complexity index is 922. The minimum Gasteiger partial charge on any atom is -0.319 e.